The van der Waals surface area contributed by atoms with Crippen LogP contribution in [0.15, 0.2) is 48.5 Å². The van der Waals surface area contributed by atoms with Gasteiger partial charge in [-0.15, -0.1) is 13.2 Å². The van der Waals surface area contributed by atoms with Crippen LogP contribution < -0.4 is 4.74 Å². The second-order valence-corrected chi connectivity index (χ2v) is 13.4. The number of hydrogen-bond acceptors (Lipinski definition) is 4. The van der Waals surface area contributed by atoms with Crippen LogP contribution in [0, 0.1) is 11.3 Å². The summed E-state index contributed by atoms with van der Waals surface area (Å²) in [4.78, 5) is 31.8. The van der Waals surface area contributed by atoms with Crippen LogP contribution in [-0.2, 0) is 9.59 Å². The first-order chi connectivity index (χ1) is 20.1. The van der Waals surface area contributed by atoms with E-state index in [9.17, 15) is 22.8 Å². The molecule has 2 atom stereocenters. The van der Waals surface area contributed by atoms with E-state index in [1.807, 2.05) is 17.0 Å². The van der Waals surface area contributed by atoms with Crippen molar-refractivity contribution in [3.8, 4) is 5.75 Å². The van der Waals surface area contributed by atoms with Crippen LogP contribution in [0.25, 0.3) is 0 Å². The summed E-state index contributed by atoms with van der Waals surface area (Å²) in [6, 6.07) is 14.2. The monoisotopic (exact) mass is 601 g/mol. The normalized spacial score (nSPS) is 19.9. The smallest absolute Gasteiger partial charge is 0.406 e. The summed E-state index contributed by atoms with van der Waals surface area (Å²) in [6.45, 7) is 15.6. The SMILES string of the molecule is CC(=O)N1CCC(CC(=O)N2CCN(C(c3ccc(OC(F)(F)F)cc3)c3ccccc3C(C)C)C[C@@H]2C(C)(C)C)CC1. The molecule has 2 saturated heterocycles. The van der Waals surface area contributed by atoms with Gasteiger partial charge in [0.1, 0.15) is 5.75 Å². The summed E-state index contributed by atoms with van der Waals surface area (Å²) < 4.78 is 42.8. The summed E-state index contributed by atoms with van der Waals surface area (Å²) in [5.74, 6) is 0.523. The van der Waals surface area contributed by atoms with E-state index in [1.165, 1.54) is 17.7 Å². The van der Waals surface area contributed by atoms with Crippen molar-refractivity contribution in [2.75, 3.05) is 32.7 Å². The van der Waals surface area contributed by atoms with Crippen LogP contribution in [0.5, 0.6) is 5.75 Å². The highest BCUT2D eigenvalue weighted by Crippen LogP contribution is 2.39. The van der Waals surface area contributed by atoms with Gasteiger partial charge in [0.05, 0.1) is 6.04 Å². The average molecular weight is 602 g/mol. The quantitative estimate of drug-likeness (QED) is 0.343. The van der Waals surface area contributed by atoms with Crippen molar-refractivity contribution in [2.45, 2.75) is 85.2 Å². The van der Waals surface area contributed by atoms with Gasteiger partial charge in [-0.25, -0.2) is 0 Å². The Hall–Kier alpha value is -3.07. The molecule has 4 rings (SSSR count). The lowest BCUT2D eigenvalue weighted by molar-refractivity contribution is -0.274. The lowest BCUT2D eigenvalue weighted by atomic mass is 9.81. The Labute approximate surface area is 254 Å². The Kier molecular flexibility index (Phi) is 10.1. The number of ether oxygens (including phenoxy) is 1. The molecule has 0 N–H and O–H groups in total. The molecule has 43 heavy (non-hydrogen) atoms. The minimum absolute atomic E-state index is 0.0485. The number of amides is 2. The number of carbonyl (C=O) groups is 2. The molecule has 0 spiro atoms. The van der Waals surface area contributed by atoms with E-state index in [-0.39, 0.29) is 46.9 Å². The number of piperidine rings is 1. The summed E-state index contributed by atoms with van der Waals surface area (Å²) in [7, 11) is 0. The molecule has 2 fully saturated rings. The number of halogens is 3. The second kappa shape index (κ2) is 13.3. The highest BCUT2D eigenvalue weighted by atomic mass is 19.4. The van der Waals surface area contributed by atoms with Gasteiger partial charge in [-0.1, -0.05) is 71.0 Å². The first-order valence-electron chi connectivity index (χ1n) is 15.4. The third-order valence-electron chi connectivity index (χ3n) is 8.96. The third kappa shape index (κ3) is 8.31. The molecule has 2 aromatic carbocycles. The van der Waals surface area contributed by atoms with Gasteiger partial charge < -0.3 is 14.5 Å². The number of nitrogens with zero attached hydrogens (tertiary/aromatic N) is 3. The van der Waals surface area contributed by atoms with Gasteiger partial charge in [0, 0.05) is 52.1 Å². The molecule has 2 aromatic rings. The molecule has 1 unspecified atom stereocenters. The Balaban J connectivity index is 1.61. The van der Waals surface area contributed by atoms with Gasteiger partial charge in [0.2, 0.25) is 11.8 Å². The predicted octanol–water partition coefficient (Wildman–Crippen LogP) is 7.01. The maximum absolute atomic E-state index is 13.8. The lowest BCUT2D eigenvalue weighted by Gasteiger charge is -2.50. The first kappa shape index (κ1) is 32.8. The summed E-state index contributed by atoms with van der Waals surface area (Å²) >= 11 is 0. The van der Waals surface area contributed by atoms with Crippen LogP contribution in [0.3, 0.4) is 0 Å². The molecular formula is C34H46F3N3O3. The van der Waals surface area contributed by atoms with E-state index in [1.54, 1.807) is 19.1 Å². The lowest BCUT2D eigenvalue weighted by Crippen LogP contribution is -2.60. The zero-order valence-corrected chi connectivity index (χ0v) is 26.3. The molecule has 9 heteroatoms. The largest absolute Gasteiger partial charge is 0.573 e. The van der Waals surface area contributed by atoms with Gasteiger partial charge >= 0.3 is 6.36 Å². The number of hydrogen-bond donors (Lipinski definition) is 0. The maximum atomic E-state index is 13.8. The fraction of sp³-hybridized carbons (Fsp3) is 0.588. The van der Waals surface area contributed by atoms with E-state index in [0.29, 0.717) is 39.1 Å². The fourth-order valence-electron chi connectivity index (χ4n) is 6.62. The molecule has 6 nitrogen and oxygen atoms in total. The predicted molar refractivity (Wildman–Crippen MR) is 162 cm³/mol. The summed E-state index contributed by atoms with van der Waals surface area (Å²) in [5.41, 5.74) is 2.99. The van der Waals surface area contributed by atoms with Crippen LogP contribution >= 0.6 is 0 Å². The van der Waals surface area contributed by atoms with E-state index in [4.69, 9.17) is 0 Å². The van der Waals surface area contributed by atoms with Crippen LogP contribution in [-0.4, -0.2) is 71.6 Å². The third-order valence-corrected chi connectivity index (χ3v) is 8.96. The zero-order valence-electron chi connectivity index (χ0n) is 26.3. The van der Waals surface area contributed by atoms with Crippen molar-refractivity contribution in [2.24, 2.45) is 11.3 Å². The van der Waals surface area contributed by atoms with Gasteiger partial charge in [-0.3, -0.25) is 14.5 Å². The molecule has 0 saturated carbocycles. The fourth-order valence-corrected chi connectivity index (χ4v) is 6.62. The maximum Gasteiger partial charge on any atom is 0.573 e. The highest BCUT2D eigenvalue weighted by molar-refractivity contribution is 5.77. The summed E-state index contributed by atoms with van der Waals surface area (Å²) in [5, 5.41) is 0. The molecule has 2 heterocycles. The van der Waals surface area contributed by atoms with E-state index < -0.39 is 6.36 Å². The van der Waals surface area contributed by atoms with Gasteiger partial charge in [-0.2, -0.15) is 0 Å². The van der Waals surface area contributed by atoms with Crippen molar-refractivity contribution in [1.29, 1.82) is 0 Å². The van der Waals surface area contributed by atoms with Gasteiger partial charge in [-0.05, 0) is 58.9 Å². The second-order valence-electron chi connectivity index (χ2n) is 13.4. The Bertz CT molecular complexity index is 1250. The molecule has 236 valence electrons. The van der Waals surface area contributed by atoms with Crippen molar-refractivity contribution >= 4 is 11.8 Å². The molecule has 0 aromatic heterocycles. The van der Waals surface area contributed by atoms with Crippen molar-refractivity contribution in [3.05, 3.63) is 65.2 Å². The van der Waals surface area contributed by atoms with Crippen LogP contribution in [0.2, 0.25) is 0 Å². The topological polar surface area (TPSA) is 53.1 Å². The molecule has 0 bridgehead atoms. The van der Waals surface area contributed by atoms with Gasteiger partial charge in [0.15, 0.2) is 0 Å². The molecule has 0 radical (unpaired) electrons. The molecule has 2 amide bonds. The van der Waals surface area contributed by atoms with E-state index in [2.05, 4.69) is 61.3 Å². The molecular weight excluding hydrogens is 555 g/mol. The molecule has 2 aliphatic heterocycles. The Morgan fingerprint density at radius 3 is 2.05 bits per heavy atom. The standard InChI is InChI=1S/C34H46F3N3O3/c1-23(2)28-9-7-8-10-29(28)32(26-11-13-27(14-12-26)43-34(35,36)37)39-19-20-40(30(22-39)33(4,5)6)31(42)21-25-15-17-38(18-16-25)24(3)41/h7-14,23,25,30,32H,15-22H2,1-6H3/t30-,32?/m1/s1. The Morgan fingerprint density at radius 1 is 0.907 bits per heavy atom. The van der Waals surface area contributed by atoms with E-state index >= 15 is 0 Å². The van der Waals surface area contributed by atoms with Crippen LogP contribution in [0.1, 0.15) is 89.5 Å². The number of benzene rings is 2. The van der Waals surface area contributed by atoms with E-state index in [0.717, 1.165) is 24.0 Å². The molecule has 2 aliphatic rings. The average Bonchev–Trinajstić information content (AvgIpc) is 2.93. The number of likely N-dealkylation sites (tertiary alicyclic amines) is 1. The number of rotatable bonds is 7. The van der Waals surface area contributed by atoms with Crippen molar-refractivity contribution in [1.82, 2.24) is 14.7 Å². The van der Waals surface area contributed by atoms with Gasteiger partial charge in [0.25, 0.3) is 0 Å². The van der Waals surface area contributed by atoms with Crippen molar-refractivity contribution < 1.29 is 27.5 Å². The number of carbonyl (C=O) groups excluding carboxylic acids is 2. The zero-order chi connectivity index (χ0) is 31.5. The van der Waals surface area contributed by atoms with Crippen LogP contribution in [0.4, 0.5) is 13.2 Å². The Morgan fingerprint density at radius 2 is 1.51 bits per heavy atom. The number of piperazine rings is 1. The highest BCUT2D eigenvalue weighted by Gasteiger charge is 2.41. The minimum Gasteiger partial charge on any atom is -0.406 e. The summed E-state index contributed by atoms with van der Waals surface area (Å²) in [6.07, 6.45) is -2.59. The number of alkyl halides is 3. The first-order valence-corrected chi connectivity index (χ1v) is 15.4. The molecule has 0 aliphatic carbocycles. The minimum atomic E-state index is -4.75. The van der Waals surface area contributed by atoms with Crippen molar-refractivity contribution in [3.63, 3.8) is 0 Å².